The third kappa shape index (κ3) is 7.07. The first kappa shape index (κ1) is 17.4. The van der Waals surface area contributed by atoms with E-state index >= 15 is 0 Å². The van der Waals surface area contributed by atoms with Crippen LogP contribution in [0.1, 0.15) is 35.2 Å². The minimum absolute atomic E-state index is 0.0691. The van der Waals surface area contributed by atoms with Gasteiger partial charge in [0.25, 0.3) is 0 Å². The highest BCUT2D eigenvalue weighted by Gasteiger charge is 2.06. The van der Waals surface area contributed by atoms with Crippen molar-refractivity contribution in [2.24, 2.45) is 5.73 Å². The molecule has 0 aromatic heterocycles. The van der Waals surface area contributed by atoms with E-state index in [0.717, 1.165) is 12.0 Å². The van der Waals surface area contributed by atoms with Gasteiger partial charge in [-0.2, -0.15) is 0 Å². The van der Waals surface area contributed by atoms with Crippen molar-refractivity contribution in [3.05, 3.63) is 46.8 Å². The predicted molar refractivity (Wildman–Crippen MR) is 86.3 cm³/mol. The summed E-state index contributed by atoms with van der Waals surface area (Å²) in [5, 5.41) is 0.0691. The first-order valence-electron chi connectivity index (χ1n) is 6.98. The Labute approximate surface area is 129 Å². The zero-order valence-corrected chi connectivity index (χ0v) is 12.8. The number of hydrogen-bond acceptors (Lipinski definition) is 4. The van der Waals surface area contributed by atoms with Crippen molar-refractivity contribution < 1.29 is 9.59 Å². The second-order valence-electron chi connectivity index (χ2n) is 4.61. The summed E-state index contributed by atoms with van der Waals surface area (Å²) in [5.74, 6) is 0.827. The number of hydrogen-bond donors (Lipinski definition) is 1. The van der Waals surface area contributed by atoms with Gasteiger partial charge in [0.2, 0.25) is 6.54 Å². The van der Waals surface area contributed by atoms with Gasteiger partial charge in [-0.05, 0) is 24.9 Å². The van der Waals surface area contributed by atoms with Crippen LogP contribution < -0.4 is 5.73 Å². The lowest BCUT2D eigenvalue weighted by Crippen LogP contribution is -2.05. The largest absolute Gasteiger partial charge is 0.330 e. The van der Waals surface area contributed by atoms with E-state index in [4.69, 9.17) is 12.3 Å². The highest BCUT2D eigenvalue weighted by molar-refractivity contribution is 8.13. The van der Waals surface area contributed by atoms with Crippen LogP contribution in [0.25, 0.3) is 4.85 Å². The molecular weight excluding hydrogens is 284 g/mol. The van der Waals surface area contributed by atoms with Crippen LogP contribution in [0.4, 0.5) is 0 Å². The molecule has 1 aromatic rings. The van der Waals surface area contributed by atoms with Gasteiger partial charge in [-0.25, -0.2) is 6.57 Å². The van der Waals surface area contributed by atoms with Gasteiger partial charge in [0.1, 0.15) is 0 Å². The lowest BCUT2D eigenvalue weighted by Gasteiger charge is -2.03. The number of Topliss-reactive ketones (excluding diaryl/α,β-unsaturated/α-hetero) is 1. The highest BCUT2D eigenvalue weighted by atomic mass is 32.2. The molecule has 0 spiro atoms. The summed E-state index contributed by atoms with van der Waals surface area (Å²) < 4.78 is 0. The van der Waals surface area contributed by atoms with Crippen LogP contribution in [0.15, 0.2) is 24.3 Å². The van der Waals surface area contributed by atoms with Crippen LogP contribution in [0.3, 0.4) is 0 Å². The molecule has 112 valence electrons. The van der Waals surface area contributed by atoms with Crippen molar-refractivity contribution >= 4 is 22.7 Å². The van der Waals surface area contributed by atoms with Crippen molar-refractivity contribution in [1.29, 1.82) is 0 Å². The van der Waals surface area contributed by atoms with Crippen molar-refractivity contribution in [3.63, 3.8) is 0 Å². The molecular formula is C16H20N2O2S. The second kappa shape index (κ2) is 10.1. The molecule has 1 rings (SSSR count). The van der Waals surface area contributed by atoms with Crippen molar-refractivity contribution in [2.75, 3.05) is 18.8 Å². The topological polar surface area (TPSA) is 64.5 Å². The van der Waals surface area contributed by atoms with E-state index in [1.807, 2.05) is 24.3 Å². The van der Waals surface area contributed by atoms with Gasteiger partial charge in [0, 0.05) is 17.7 Å². The van der Waals surface area contributed by atoms with Crippen LogP contribution in [0, 0.1) is 6.57 Å². The molecule has 4 nitrogen and oxygen atoms in total. The number of aryl methyl sites for hydroxylation is 1. The monoisotopic (exact) mass is 304 g/mol. The summed E-state index contributed by atoms with van der Waals surface area (Å²) in [5.41, 5.74) is 7.21. The molecule has 0 radical (unpaired) electrons. The zero-order chi connectivity index (χ0) is 15.5. The molecule has 0 amide bonds. The van der Waals surface area contributed by atoms with E-state index in [1.54, 1.807) is 0 Å². The summed E-state index contributed by atoms with van der Waals surface area (Å²) in [7, 11) is 0. The van der Waals surface area contributed by atoms with Gasteiger partial charge in [0.05, 0.1) is 6.42 Å². The van der Waals surface area contributed by atoms with Gasteiger partial charge in [-0.1, -0.05) is 36.0 Å². The Balaban J connectivity index is 2.36. The molecule has 0 heterocycles. The second-order valence-corrected chi connectivity index (χ2v) is 5.77. The van der Waals surface area contributed by atoms with E-state index in [9.17, 15) is 9.59 Å². The molecule has 0 aliphatic heterocycles. The lowest BCUT2D eigenvalue weighted by molar-refractivity contribution is -0.110. The molecule has 2 N–H and O–H groups in total. The molecule has 0 unspecified atom stereocenters. The summed E-state index contributed by atoms with van der Waals surface area (Å²) in [4.78, 5) is 26.4. The Kier molecular flexibility index (Phi) is 8.41. The molecule has 0 bridgehead atoms. The van der Waals surface area contributed by atoms with Crippen LogP contribution in [-0.4, -0.2) is 29.7 Å². The normalized spacial score (nSPS) is 10.1. The van der Waals surface area contributed by atoms with Crippen LogP contribution in [-0.2, 0) is 11.2 Å². The number of ketones is 1. The Bertz CT molecular complexity index is 506. The molecule has 0 aliphatic rings. The van der Waals surface area contributed by atoms with E-state index in [0.29, 0.717) is 37.1 Å². The number of carbonyl (C=O) groups is 2. The first-order chi connectivity index (χ1) is 10.2. The van der Waals surface area contributed by atoms with E-state index in [-0.39, 0.29) is 17.4 Å². The summed E-state index contributed by atoms with van der Waals surface area (Å²) in [6.07, 6.45) is 2.31. The molecule has 0 aliphatic carbocycles. The third-order valence-corrected chi connectivity index (χ3v) is 3.90. The smallest absolute Gasteiger partial charge is 0.222 e. The van der Waals surface area contributed by atoms with Crippen molar-refractivity contribution in [1.82, 2.24) is 0 Å². The number of thioether (sulfide) groups is 1. The standard InChI is InChI=1S/C16H20N2O2S/c1-18-11-8-16(20)21-12-9-13-4-6-14(7-5-13)15(19)3-2-10-17/h4-7H,2-3,8-12,17H2. The minimum atomic E-state index is 0.0691. The fourth-order valence-electron chi connectivity index (χ4n) is 1.77. The molecule has 0 saturated carbocycles. The van der Waals surface area contributed by atoms with Gasteiger partial charge in [-0.3, -0.25) is 9.59 Å². The van der Waals surface area contributed by atoms with Gasteiger partial charge >= 0.3 is 0 Å². The first-order valence-corrected chi connectivity index (χ1v) is 7.97. The quantitative estimate of drug-likeness (QED) is 0.563. The van der Waals surface area contributed by atoms with Gasteiger partial charge in [0.15, 0.2) is 10.9 Å². The number of benzene rings is 1. The maximum absolute atomic E-state index is 11.8. The molecule has 0 fully saturated rings. The maximum atomic E-state index is 11.8. The fourth-order valence-corrected chi connectivity index (χ4v) is 2.57. The average molecular weight is 304 g/mol. The number of nitrogens with two attached hydrogens (primary N) is 1. The minimum Gasteiger partial charge on any atom is -0.330 e. The van der Waals surface area contributed by atoms with Crippen molar-refractivity contribution in [3.8, 4) is 0 Å². The number of nitrogens with zero attached hydrogens (tertiary/aromatic N) is 1. The summed E-state index contributed by atoms with van der Waals surface area (Å²) in [6.45, 7) is 7.43. The fraction of sp³-hybridized carbons (Fsp3) is 0.438. The molecule has 21 heavy (non-hydrogen) atoms. The predicted octanol–water partition coefficient (Wildman–Crippen LogP) is 2.72. The Morgan fingerprint density at radius 2 is 1.90 bits per heavy atom. The summed E-state index contributed by atoms with van der Waals surface area (Å²) >= 11 is 1.27. The Morgan fingerprint density at radius 3 is 2.52 bits per heavy atom. The van der Waals surface area contributed by atoms with E-state index in [2.05, 4.69) is 4.85 Å². The maximum Gasteiger partial charge on any atom is 0.222 e. The molecule has 1 aromatic carbocycles. The molecule has 0 saturated heterocycles. The number of carbonyl (C=O) groups excluding carboxylic acids is 2. The number of rotatable bonds is 9. The van der Waals surface area contributed by atoms with Crippen LogP contribution in [0.5, 0.6) is 0 Å². The molecule has 5 heteroatoms. The lowest BCUT2D eigenvalue weighted by atomic mass is 10.0. The Morgan fingerprint density at radius 1 is 1.19 bits per heavy atom. The average Bonchev–Trinajstić information content (AvgIpc) is 2.51. The highest BCUT2D eigenvalue weighted by Crippen LogP contribution is 2.12. The summed E-state index contributed by atoms with van der Waals surface area (Å²) in [6, 6.07) is 7.53. The van der Waals surface area contributed by atoms with Crippen molar-refractivity contribution in [2.45, 2.75) is 25.7 Å². The Hall–Kier alpha value is -1.64. The SMILES string of the molecule is [C-]#[N+]CCC(=O)SCCc1ccc(C(=O)CCCN)cc1. The molecule has 0 atom stereocenters. The van der Waals surface area contributed by atoms with E-state index < -0.39 is 0 Å². The van der Waals surface area contributed by atoms with Gasteiger partial charge in [-0.15, -0.1) is 0 Å². The van der Waals surface area contributed by atoms with Crippen LogP contribution >= 0.6 is 11.8 Å². The van der Waals surface area contributed by atoms with Gasteiger partial charge < -0.3 is 10.6 Å². The van der Waals surface area contributed by atoms with E-state index in [1.165, 1.54) is 11.8 Å². The van der Waals surface area contributed by atoms with Crippen LogP contribution in [0.2, 0.25) is 0 Å². The third-order valence-electron chi connectivity index (χ3n) is 2.97. The zero-order valence-electron chi connectivity index (χ0n) is 12.0.